The number of aliphatic carboxylic acids is 1. The Morgan fingerprint density at radius 1 is 1.29 bits per heavy atom. The van der Waals surface area contributed by atoms with E-state index in [4.69, 9.17) is 5.11 Å². The topological polar surface area (TPSA) is 78.4 Å². The lowest BCUT2D eigenvalue weighted by molar-refractivity contribution is -0.144. The molecule has 0 aromatic heterocycles. The lowest BCUT2D eigenvalue weighted by Gasteiger charge is -2.29. The van der Waals surface area contributed by atoms with E-state index in [9.17, 15) is 9.59 Å². The third-order valence-electron chi connectivity index (χ3n) is 3.14. The van der Waals surface area contributed by atoms with Gasteiger partial charge in [-0.2, -0.15) is 0 Å². The summed E-state index contributed by atoms with van der Waals surface area (Å²) in [6, 6.07) is -0.197. The molecule has 1 aliphatic rings. The molecule has 0 aromatic carbocycles. The Kier molecular flexibility index (Phi) is 5.97. The molecule has 1 fully saturated rings. The summed E-state index contributed by atoms with van der Waals surface area (Å²) in [6.07, 6.45) is 4.36. The van der Waals surface area contributed by atoms with Crippen LogP contribution < -0.4 is 10.6 Å². The second-order valence-corrected chi connectivity index (χ2v) is 4.58. The zero-order valence-electron chi connectivity index (χ0n) is 10.4. The van der Waals surface area contributed by atoms with Gasteiger partial charge in [0.25, 0.3) is 0 Å². The molecule has 1 amide bonds. The summed E-state index contributed by atoms with van der Waals surface area (Å²) in [7, 11) is 0. The molecule has 5 nitrogen and oxygen atoms in total. The van der Waals surface area contributed by atoms with Gasteiger partial charge in [-0.15, -0.1) is 0 Å². The average molecular weight is 242 g/mol. The smallest absolute Gasteiger partial charge is 0.308 e. The maximum absolute atomic E-state index is 11.6. The van der Waals surface area contributed by atoms with E-state index in [1.54, 1.807) is 0 Å². The van der Waals surface area contributed by atoms with Crippen molar-refractivity contribution < 1.29 is 14.7 Å². The third kappa shape index (κ3) is 4.73. The second-order valence-electron chi connectivity index (χ2n) is 4.58. The Morgan fingerprint density at radius 2 is 2.00 bits per heavy atom. The van der Waals surface area contributed by atoms with Gasteiger partial charge in [0.15, 0.2) is 0 Å². The van der Waals surface area contributed by atoms with Crippen molar-refractivity contribution >= 4 is 11.9 Å². The second kappa shape index (κ2) is 7.27. The van der Waals surface area contributed by atoms with Crippen molar-refractivity contribution in [3.63, 3.8) is 0 Å². The van der Waals surface area contributed by atoms with Crippen LogP contribution in [0, 0.1) is 5.92 Å². The Bertz CT molecular complexity index is 268. The van der Waals surface area contributed by atoms with E-state index in [1.807, 2.05) is 6.92 Å². The highest BCUT2D eigenvalue weighted by atomic mass is 16.4. The molecule has 5 heteroatoms. The van der Waals surface area contributed by atoms with Gasteiger partial charge in [0.1, 0.15) is 0 Å². The van der Waals surface area contributed by atoms with Crippen LogP contribution in [0.3, 0.4) is 0 Å². The molecule has 2 unspecified atom stereocenters. The fourth-order valence-electron chi connectivity index (χ4n) is 2.24. The molecule has 0 saturated heterocycles. The van der Waals surface area contributed by atoms with Crippen molar-refractivity contribution in [1.82, 2.24) is 10.6 Å². The Labute approximate surface area is 102 Å². The molecular formula is C12H22N2O3. The molecule has 3 N–H and O–H groups in total. The number of carboxylic acid groups (broad SMARTS) is 1. The van der Waals surface area contributed by atoms with Crippen molar-refractivity contribution in [2.45, 2.75) is 45.1 Å². The molecule has 0 heterocycles. The molecule has 0 aromatic rings. The molecule has 1 aliphatic carbocycles. The van der Waals surface area contributed by atoms with E-state index >= 15 is 0 Å². The SMILES string of the molecule is CCCNCC(=O)NC1CCCCC1C(=O)O. The van der Waals surface area contributed by atoms with Crippen LogP contribution in [0.15, 0.2) is 0 Å². The first-order chi connectivity index (χ1) is 8.15. The summed E-state index contributed by atoms with van der Waals surface area (Å²) in [5.74, 6) is -1.31. The number of hydrogen-bond donors (Lipinski definition) is 3. The highest BCUT2D eigenvalue weighted by molar-refractivity contribution is 5.79. The van der Waals surface area contributed by atoms with Gasteiger partial charge in [0, 0.05) is 6.04 Å². The van der Waals surface area contributed by atoms with Gasteiger partial charge >= 0.3 is 5.97 Å². The largest absolute Gasteiger partial charge is 0.481 e. The van der Waals surface area contributed by atoms with Crippen molar-refractivity contribution in [2.75, 3.05) is 13.1 Å². The van der Waals surface area contributed by atoms with Crippen LogP contribution in [0.5, 0.6) is 0 Å². The standard InChI is InChI=1S/C12H22N2O3/c1-2-7-13-8-11(15)14-10-6-4-3-5-9(10)12(16)17/h9-10,13H,2-8H2,1H3,(H,14,15)(H,16,17). The van der Waals surface area contributed by atoms with Crippen LogP contribution in [0.25, 0.3) is 0 Å². The number of carboxylic acids is 1. The Hall–Kier alpha value is -1.10. The van der Waals surface area contributed by atoms with Gasteiger partial charge in [0.2, 0.25) is 5.91 Å². The van der Waals surface area contributed by atoms with Crippen LogP contribution in [-0.4, -0.2) is 36.1 Å². The van der Waals surface area contributed by atoms with Crippen LogP contribution in [0.2, 0.25) is 0 Å². The van der Waals surface area contributed by atoms with Crippen molar-refractivity contribution in [1.29, 1.82) is 0 Å². The summed E-state index contributed by atoms with van der Waals surface area (Å²) in [4.78, 5) is 22.6. The molecule has 17 heavy (non-hydrogen) atoms. The van der Waals surface area contributed by atoms with Gasteiger partial charge in [-0.05, 0) is 25.8 Å². The Balaban J connectivity index is 2.36. The van der Waals surface area contributed by atoms with E-state index in [0.29, 0.717) is 6.42 Å². The zero-order chi connectivity index (χ0) is 12.7. The average Bonchev–Trinajstić information content (AvgIpc) is 2.29. The molecule has 0 aliphatic heterocycles. The number of rotatable bonds is 6. The number of carbonyl (C=O) groups is 2. The molecule has 0 spiro atoms. The minimum Gasteiger partial charge on any atom is -0.481 e. The minimum absolute atomic E-state index is 0.100. The van der Waals surface area contributed by atoms with Crippen LogP contribution in [0.4, 0.5) is 0 Å². The first-order valence-corrected chi connectivity index (χ1v) is 6.38. The molecule has 98 valence electrons. The summed E-state index contributed by atoms with van der Waals surface area (Å²) in [6.45, 7) is 3.11. The first-order valence-electron chi connectivity index (χ1n) is 6.38. The van der Waals surface area contributed by atoms with E-state index in [0.717, 1.165) is 32.2 Å². The van der Waals surface area contributed by atoms with Crippen LogP contribution >= 0.6 is 0 Å². The maximum Gasteiger partial charge on any atom is 0.308 e. The van der Waals surface area contributed by atoms with E-state index in [-0.39, 0.29) is 18.5 Å². The number of carbonyl (C=O) groups excluding carboxylic acids is 1. The number of hydrogen-bond acceptors (Lipinski definition) is 3. The maximum atomic E-state index is 11.6. The van der Waals surface area contributed by atoms with Crippen LogP contribution in [-0.2, 0) is 9.59 Å². The molecule has 0 radical (unpaired) electrons. The third-order valence-corrected chi connectivity index (χ3v) is 3.14. The van der Waals surface area contributed by atoms with Crippen molar-refractivity contribution in [3.05, 3.63) is 0 Å². The summed E-state index contributed by atoms with van der Waals surface area (Å²) in [5.41, 5.74) is 0. The summed E-state index contributed by atoms with van der Waals surface area (Å²) in [5, 5.41) is 14.9. The normalized spacial score (nSPS) is 24.3. The van der Waals surface area contributed by atoms with Crippen molar-refractivity contribution in [3.8, 4) is 0 Å². The van der Waals surface area contributed by atoms with Crippen LogP contribution in [0.1, 0.15) is 39.0 Å². The summed E-state index contributed by atoms with van der Waals surface area (Å²) < 4.78 is 0. The highest BCUT2D eigenvalue weighted by Gasteiger charge is 2.31. The van der Waals surface area contributed by atoms with Gasteiger partial charge in [-0.1, -0.05) is 19.8 Å². The fraction of sp³-hybridized carbons (Fsp3) is 0.833. The Morgan fingerprint density at radius 3 is 2.65 bits per heavy atom. The molecule has 0 bridgehead atoms. The monoisotopic (exact) mass is 242 g/mol. The zero-order valence-corrected chi connectivity index (χ0v) is 10.4. The van der Waals surface area contributed by atoms with E-state index in [2.05, 4.69) is 10.6 Å². The molecular weight excluding hydrogens is 220 g/mol. The minimum atomic E-state index is -0.795. The number of amides is 1. The molecule has 1 saturated carbocycles. The van der Waals surface area contributed by atoms with E-state index < -0.39 is 11.9 Å². The van der Waals surface area contributed by atoms with Gasteiger partial charge in [-0.3, -0.25) is 9.59 Å². The van der Waals surface area contributed by atoms with E-state index in [1.165, 1.54) is 0 Å². The first kappa shape index (κ1) is 14.0. The van der Waals surface area contributed by atoms with Gasteiger partial charge < -0.3 is 15.7 Å². The molecule has 1 rings (SSSR count). The summed E-state index contributed by atoms with van der Waals surface area (Å²) >= 11 is 0. The van der Waals surface area contributed by atoms with Gasteiger partial charge in [0.05, 0.1) is 12.5 Å². The van der Waals surface area contributed by atoms with Gasteiger partial charge in [-0.25, -0.2) is 0 Å². The highest BCUT2D eigenvalue weighted by Crippen LogP contribution is 2.24. The predicted molar refractivity (Wildman–Crippen MR) is 64.7 cm³/mol. The lowest BCUT2D eigenvalue weighted by atomic mass is 9.84. The number of nitrogens with one attached hydrogen (secondary N) is 2. The van der Waals surface area contributed by atoms with Crippen molar-refractivity contribution in [2.24, 2.45) is 5.92 Å². The lowest BCUT2D eigenvalue weighted by Crippen LogP contribution is -2.47. The fourth-order valence-corrected chi connectivity index (χ4v) is 2.24. The molecule has 2 atom stereocenters. The quantitative estimate of drug-likeness (QED) is 0.600. The predicted octanol–water partition coefficient (Wildman–Crippen LogP) is 0.746.